The van der Waals surface area contributed by atoms with E-state index in [-0.39, 0.29) is 5.91 Å². The van der Waals surface area contributed by atoms with Gasteiger partial charge in [-0.2, -0.15) is 0 Å². The monoisotopic (exact) mass is 280 g/mol. The maximum atomic E-state index is 12.4. The lowest BCUT2D eigenvalue weighted by Crippen LogP contribution is -2.40. The largest absolute Gasteiger partial charge is 0.481 e. The molecule has 0 aromatic heterocycles. The second-order valence-corrected chi connectivity index (χ2v) is 7.11. The Morgan fingerprint density at radius 2 is 1.95 bits per heavy atom. The van der Waals surface area contributed by atoms with Gasteiger partial charge in [0.1, 0.15) is 0 Å². The highest BCUT2D eigenvalue weighted by Gasteiger charge is 2.43. The Balaban J connectivity index is 1.54. The van der Waals surface area contributed by atoms with E-state index in [1.54, 1.807) is 11.8 Å². The fourth-order valence-electron chi connectivity index (χ4n) is 4.07. The highest BCUT2D eigenvalue weighted by Crippen LogP contribution is 2.35. The summed E-state index contributed by atoms with van der Waals surface area (Å²) in [5, 5.41) is 12.8. The van der Waals surface area contributed by atoms with Gasteiger partial charge in [0.25, 0.3) is 0 Å². The Labute approximate surface area is 119 Å². The molecule has 0 spiro atoms. The molecular formula is C15H24N2O3. The molecule has 3 atom stereocenters. The van der Waals surface area contributed by atoms with Crippen LogP contribution in [-0.2, 0) is 9.59 Å². The summed E-state index contributed by atoms with van der Waals surface area (Å²) in [6, 6.07) is 1.21. The van der Waals surface area contributed by atoms with Crippen LogP contribution in [0.1, 0.15) is 45.4 Å². The first kappa shape index (κ1) is 13.9. The van der Waals surface area contributed by atoms with Crippen molar-refractivity contribution in [3.05, 3.63) is 0 Å². The molecule has 112 valence electrons. The molecule has 0 aromatic rings. The van der Waals surface area contributed by atoms with Gasteiger partial charge < -0.3 is 15.3 Å². The number of hydrogen-bond acceptors (Lipinski definition) is 3. The van der Waals surface area contributed by atoms with Crippen molar-refractivity contribution in [2.75, 3.05) is 13.1 Å². The number of amides is 1. The van der Waals surface area contributed by atoms with E-state index in [2.05, 4.69) is 5.32 Å². The number of nitrogens with one attached hydrogen (secondary N) is 1. The zero-order valence-corrected chi connectivity index (χ0v) is 12.1. The zero-order valence-electron chi connectivity index (χ0n) is 12.1. The average Bonchev–Trinajstić information content (AvgIpc) is 2.94. The summed E-state index contributed by atoms with van der Waals surface area (Å²) in [4.78, 5) is 25.4. The molecule has 3 heterocycles. The van der Waals surface area contributed by atoms with Crippen molar-refractivity contribution in [2.24, 2.45) is 11.3 Å². The van der Waals surface area contributed by atoms with Gasteiger partial charge in [0, 0.05) is 31.6 Å². The number of aliphatic carboxylic acids is 1. The predicted octanol–water partition coefficient (Wildman–Crippen LogP) is 1.23. The minimum Gasteiger partial charge on any atom is -0.481 e. The maximum Gasteiger partial charge on any atom is 0.311 e. The molecule has 1 amide bonds. The zero-order chi connectivity index (χ0) is 14.3. The standard InChI is InChI=1S/C15H24N2O3/c1-15(14(19)20)4-5-17(9-15)13(18)8-10-6-11-2-3-12(7-10)16-11/h10-12,16H,2-9H2,1H3,(H,19,20). The normalized spacial score (nSPS) is 40.0. The molecular weight excluding hydrogens is 256 g/mol. The van der Waals surface area contributed by atoms with Gasteiger partial charge in [0.05, 0.1) is 5.41 Å². The van der Waals surface area contributed by atoms with Crippen LogP contribution in [-0.4, -0.2) is 47.1 Å². The number of rotatable bonds is 3. The van der Waals surface area contributed by atoms with Gasteiger partial charge in [-0.05, 0) is 44.9 Å². The van der Waals surface area contributed by atoms with Crippen LogP contribution in [0.5, 0.6) is 0 Å². The smallest absolute Gasteiger partial charge is 0.311 e. The van der Waals surface area contributed by atoms with Crippen LogP contribution in [0.4, 0.5) is 0 Å². The molecule has 2 N–H and O–H groups in total. The van der Waals surface area contributed by atoms with Crippen LogP contribution in [0.15, 0.2) is 0 Å². The van der Waals surface area contributed by atoms with Crippen LogP contribution in [0.25, 0.3) is 0 Å². The minimum atomic E-state index is -0.785. The fraction of sp³-hybridized carbons (Fsp3) is 0.867. The lowest BCUT2D eigenvalue weighted by Gasteiger charge is -2.30. The third kappa shape index (κ3) is 2.55. The van der Waals surface area contributed by atoms with E-state index >= 15 is 0 Å². The quantitative estimate of drug-likeness (QED) is 0.816. The molecule has 3 aliphatic heterocycles. The number of fused-ring (bicyclic) bond motifs is 2. The van der Waals surface area contributed by atoms with Crippen molar-refractivity contribution < 1.29 is 14.7 Å². The number of hydrogen-bond donors (Lipinski definition) is 2. The van der Waals surface area contributed by atoms with E-state index in [9.17, 15) is 14.7 Å². The number of piperidine rings is 1. The van der Waals surface area contributed by atoms with E-state index < -0.39 is 11.4 Å². The number of nitrogens with zero attached hydrogens (tertiary/aromatic N) is 1. The first-order valence-corrected chi connectivity index (χ1v) is 7.73. The summed E-state index contributed by atoms with van der Waals surface area (Å²) in [5.41, 5.74) is -0.747. The van der Waals surface area contributed by atoms with Crippen molar-refractivity contribution in [2.45, 2.75) is 57.5 Å². The van der Waals surface area contributed by atoms with Gasteiger partial charge in [-0.1, -0.05) is 0 Å². The third-order valence-corrected chi connectivity index (χ3v) is 5.38. The molecule has 5 heteroatoms. The lowest BCUT2D eigenvalue weighted by molar-refractivity contribution is -0.147. The molecule has 3 saturated heterocycles. The first-order chi connectivity index (χ1) is 9.46. The van der Waals surface area contributed by atoms with Crippen molar-refractivity contribution in [3.8, 4) is 0 Å². The van der Waals surface area contributed by atoms with E-state index in [1.807, 2.05) is 0 Å². The van der Waals surface area contributed by atoms with Gasteiger partial charge in [-0.25, -0.2) is 0 Å². The first-order valence-electron chi connectivity index (χ1n) is 7.73. The van der Waals surface area contributed by atoms with Gasteiger partial charge in [-0.3, -0.25) is 9.59 Å². The Morgan fingerprint density at radius 3 is 2.50 bits per heavy atom. The molecule has 0 saturated carbocycles. The molecule has 0 aromatic carbocycles. The number of carboxylic acid groups (broad SMARTS) is 1. The second kappa shape index (κ2) is 5.02. The molecule has 20 heavy (non-hydrogen) atoms. The minimum absolute atomic E-state index is 0.154. The topological polar surface area (TPSA) is 69.6 Å². The highest BCUT2D eigenvalue weighted by atomic mass is 16.4. The Hall–Kier alpha value is -1.10. The van der Waals surface area contributed by atoms with Gasteiger partial charge in [-0.15, -0.1) is 0 Å². The molecule has 5 nitrogen and oxygen atoms in total. The molecule has 3 unspecified atom stereocenters. The molecule has 3 aliphatic rings. The molecule has 3 fully saturated rings. The van der Waals surface area contributed by atoms with E-state index in [4.69, 9.17) is 0 Å². The van der Waals surface area contributed by atoms with Crippen molar-refractivity contribution >= 4 is 11.9 Å². The van der Waals surface area contributed by atoms with Crippen LogP contribution >= 0.6 is 0 Å². The summed E-state index contributed by atoms with van der Waals surface area (Å²) < 4.78 is 0. The van der Waals surface area contributed by atoms with E-state index in [0.717, 1.165) is 12.8 Å². The van der Waals surface area contributed by atoms with Gasteiger partial charge in [0.2, 0.25) is 5.91 Å². The SMILES string of the molecule is CC1(C(=O)O)CCN(C(=O)CC2CC3CCC(C2)N3)C1. The summed E-state index contributed by atoms with van der Waals surface area (Å²) >= 11 is 0. The van der Waals surface area contributed by atoms with Crippen molar-refractivity contribution in [1.29, 1.82) is 0 Å². The van der Waals surface area contributed by atoms with Crippen LogP contribution in [0, 0.1) is 11.3 Å². The van der Waals surface area contributed by atoms with E-state index in [0.29, 0.717) is 43.9 Å². The number of likely N-dealkylation sites (tertiary alicyclic amines) is 1. The number of carbonyl (C=O) groups excluding carboxylic acids is 1. The predicted molar refractivity (Wildman–Crippen MR) is 74.2 cm³/mol. The summed E-state index contributed by atoms with van der Waals surface area (Å²) in [6.07, 6.45) is 5.88. The fourth-order valence-corrected chi connectivity index (χ4v) is 4.07. The Bertz CT molecular complexity index is 413. The van der Waals surface area contributed by atoms with Crippen LogP contribution < -0.4 is 5.32 Å². The van der Waals surface area contributed by atoms with Crippen LogP contribution in [0.2, 0.25) is 0 Å². The molecule has 0 aliphatic carbocycles. The highest BCUT2D eigenvalue weighted by molar-refractivity contribution is 5.80. The summed E-state index contributed by atoms with van der Waals surface area (Å²) in [6.45, 7) is 2.71. The van der Waals surface area contributed by atoms with Crippen LogP contribution in [0.3, 0.4) is 0 Å². The maximum absolute atomic E-state index is 12.4. The molecule has 0 radical (unpaired) electrons. The van der Waals surface area contributed by atoms with E-state index in [1.165, 1.54) is 12.8 Å². The van der Waals surface area contributed by atoms with Gasteiger partial charge in [0.15, 0.2) is 0 Å². The van der Waals surface area contributed by atoms with Crippen molar-refractivity contribution in [1.82, 2.24) is 10.2 Å². The summed E-state index contributed by atoms with van der Waals surface area (Å²) in [7, 11) is 0. The number of carboxylic acids is 1. The Kier molecular flexibility index (Phi) is 3.48. The molecule has 3 rings (SSSR count). The van der Waals surface area contributed by atoms with Gasteiger partial charge >= 0.3 is 5.97 Å². The summed E-state index contributed by atoms with van der Waals surface area (Å²) in [5.74, 6) is -0.146. The lowest BCUT2D eigenvalue weighted by atomic mass is 9.89. The number of carbonyl (C=O) groups is 2. The second-order valence-electron chi connectivity index (χ2n) is 7.11. The average molecular weight is 280 g/mol. The third-order valence-electron chi connectivity index (χ3n) is 5.38. The van der Waals surface area contributed by atoms with Crippen molar-refractivity contribution in [3.63, 3.8) is 0 Å². The Morgan fingerprint density at radius 1 is 1.30 bits per heavy atom. The molecule has 2 bridgehead atoms.